The van der Waals surface area contributed by atoms with Gasteiger partial charge in [0, 0.05) is 6.42 Å². The number of benzene rings is 1. The molecule has 2 unspecified atom stereocenters. The molecular weight excluding hydrogens is 246 g/mol. The summed E-state index contributed by atoms with van der Waals surface area (Å²) in [5, 5.41) is 20.4. The van der Waals surface area contributed by atoms with E-state index in [-0.39, 0.29) is 12.3 Å². The van der Waals surface area contributed by atoms with Crippen LogP contribution in [0.3, 0.4) is 0 Å². The van der Waals surface area contributed by atoms with Crippen molar-refractivity contribution in [3.05, 3.63) is 35.4 Å². The van der Waals surface area contributed by atoms with Gasteiger partial charge in [0.2, 0.25) is 5.91 Å². The summed E-state index contributed by atoms with van der Waals surface area (Å²) in [6.07, 6.45) is -0.389. The van der Waals surface area contributed by atoms with Crippen LogP contribution < -0.4 is 5.32 Å². The number of aliphatic carboxylic acids is 1. The van der Waals surface area contributed by atoms with Gasteiger partial charge in [-0.15, -0.1) is 0 Å². The van der Waals surface area contributed by atoms with Crippen LogP contribution in [0.1, 0.15) is 24.5 Å². The number of carbonyl (C=O) groups excluding carboxylic acids is 1. The van der Waals surface area contributed by atoms with E-state index in [0.717, 1.165) is 11.1 Å². The highest BCUT2D eigenvalue weighted by atomic mass is 16.4. The summed E-state index contributed by atoms with van der Waals surface area (Å²) in [6, 6.07) is 6.53. The lowest BCUT2D eigenvalue weighted by Crippen LogP contribution is -2.47. The zero-order valence-corrected chi connectivity index (χ0v) is 11.1. The van der Waals surface area contributed by atoms with E-state index in [1.54, 1.807) is 0 Å². The summed E-state index contributed by atoms with van der Waals surface area (Å²) in [5.41, 5.74) is 2.14. The predicted molar refractivity (Wildman–Crippen MR) is 70.7 cm³/mol. The molecular formula is C14H19NO4. The Labute approximate surface area is 112 Å². The number of rotatable bonds is 6. The summed E-state index contributed by atoms with van der Waals surface area (Å²) >= 11 is 0. The van der Waals surface area contributed by atoms with Crippen LogP contribution >= 0.6 is 0 Å². The maximum atomic E-state index is 11.6. The fraction of sp³-hybridized carbons (Fsp3) is 0.429. The van der Waals surface area contributed by atoms with Crippen LogP contribution in [-0.2, 0) is 16.0 Å². The molecule has 0 aromatic heterocycles. The number of carboxylic acid groups (broad SMARTS) is 1. The standard InChI is InChI=1S/C14H19NO4/c1-9-4-3-5-11(8-9)6-7-12(17)15-13(10(2)16)14(18)19/h3-5,8,10,13,16H,6-7H2,1-2H3,(H,15,17)(H,18,19). The quantitative estimate of drug-likeness (QED) is 0.712. The SMILES string of the molecule is Cc1cccc(CCC(=O)NC(C(=O)O)C(C)O)c1. The van der Waals surface area contributed by atoms with Crippen LogP contribution in [0, 0.1) is 6.92 Å². The van der Waals surface area contributed by atoms with Crippen LogP contribution in [0.2, 0.25) is 0 Å². The Kier molecular flexibility index (Phi) is 5.51. The normalized spacial score (nSPS) is 13.6. The molecule has 1 aromatic carbocycles. The molecule has 1 aromatic rings. The molecule has 0 heterocycles. The van der Waals surface area contributed by atoms with Crippen molar-refractivity contribution in [2.45, 2.75) is 38.8 Å². The average Bonchev–Trinajstić information content (AvgIpc) is 2.32. The van der Waals surface area contributed by atoms with Gasteiger partial charge in [-0.05, 0) is 25.8 Å². The molecule has 0 aliphatic rings. The lowest BCUT2D eigenvalue weighted by Gasteiger charge is -2.16. The Morgan fingerprint density at radius 3 is 2.58 bits per heavy atom. The molecule has 104 valence electrons. The molecule has 3 N–H and O–H groups in total. The number of aliphatic hydroxyl groups is 1. The van der Waals surface area contributed by atoms with E-state index in [2.05, 4.69) is 5.32 Å². The molecule has 0 aliphatic carbocycles. The topological polar surface area (TPSA) is 86.6 Å². The Bertz CT molecular complexity index is 457. The smallest absolute Gasteiger partial charge is 0.328 e. The minimum atomic E-state index is -1.26. The predicted octanol–water partition coefficient (Wildman–Crippen LogP) is 0.878. The number of aliphatic hydroxyl groups excluding tert-OH is 1. The number of hydrogen-bond donors (Lipinski definition) is 3. The lowest BCUT2D eigenvalue weighted by molar-refractivity contribution is -0.144. The van der Waals surface area contributed by atoms with Gasteiger partial charge in [-0.3, -0.25) is 4.79 Å². The average molecular weight is 265 g/mol. The van der Waals surface area contributed by atoms with Crippen molar-refractivity contribution < 1.29 is 19.8 Å². The highest BCUT2D eigenvalue weighted by molar-refractivity contribution is 5.84. The van der Waals surface area contributed by atoms with E-state index in [4.69, 9.17) is 5.11 Å². The highest BCUT2D eigenvalue weighted by Crippen LogP contribution is 2.06. The molecule has 1 amide bonds. The van der Waals surface area contributed by atoms with Crippen molar-refractivity contribution in [1.29, 1.82) is 0 Å². The van der Waals surface area contributed by atoms with Gasteiger partial charge in [0.15, 0.2) is 6.04 Å². The van der Waals surface area contributed by atoms with Gasteiger partial charge >= 0.3 is 5.97 Å². The van der Waals surface area contributed by atoms with Gasteiger partial charge in [0.25, 0.3) is 0 Å². The van der Waals surface area contributed by atoms with Gasteiger partial charge in [0.1, 0.15) is 0 Å². The monoisotopic (exact) mass is 265 g/mol. The number of carbonyl (C=O) groups is 2. The molecule has 0 bridgehead atoms. The van der Waals surface area contributed by atoms with Crippen molar-refractivity contribution in [1.82, 2.24) is 5.32 Å². The van der Waals surface area contributed by atoms with E-state index in [9.17, 15) is 14.7 Å². The molecule has 2 atom stereocenters. The number of amides is 1. The van der Waals surface area contributed by atoms with Crippen LogP contribution in [0.15, 0.2) is 24.3 Å². The maximum Gasteiger partial charge on any atom is 0.328 e. The first-order chi connectivity index (χ1) is 8.90. The van der Waals surface area contributed by atoms with Crippen LogP contribution in [0.5, 0.6) is 0 Å². The highest BCUT2D eigenvalue weighted by Gasteiger charge is 2.24. The molecule has 5 nitrogen and oxygen atoms in total. The minimum absolute atomic E-state index is 0.194. The number of nitrogens with one attached hydrogen (secondary N) is 1. The van der Waals surface area contributed by atoms with Crippen molar-refractivity contribution in [3.8, 4) is 0 Å². The summed E-state index contributed by atoms with van der Waals surface area (Å²) in [6.45, 7) is 3.30. The van der Waals surface area contributed by atoms with Gasteiger partial charge in [-0.25, -0.2) is 4.79 Å². The van der Waals surface area contributed by atoms with Crippen molar-refractivity contribution in [2.24, 2.45) is 0 Å². The summed E-state index contributed by atoms with van der Waals surface area (Å²) in [7, 11) is 0. The molecule has 0 radical (unpaired) electrons. The molecule has 1 rings (SSSR count). The van der Waals surface area contributed by atoms with E-state index < -0.39 is 18.1 Å². The van der Waals surface area contributed by atoms with Gasteiger partial charge < -0.3 is 15.5 Å². The Morgan fingerprint density at radius 1 is 1.37 bits per heavy atom. The third kappa shape index (κ3) is 5.09. The van der Waals surface area contributed by atoms with E-state index in [0.29, 0.717) is 6.42 Å². The minimum Gasteiger partial charge on any atom is -0.480 e. The molecule has 19 heavy (non-hydrogen) atoms. The van der Waals surface area contributed by atoms with Crippen molar-refractivity contribution in [3.63, 3.8) is 0 Å². The third-order valence-corrected chi connectivity index (χ3v) is 2.79. The zero-order chi connectivity index (χ0) is 14.4. The first-order valence-corrected chi connectivity index (χ1v) is 6.16. The van der Waals surface area contributed by atoms with Crippen LogP contribution in [-0.4, -0.2) is 34.2 Å². The number of carboxylic acids is 1. The van der Waals surface area contributed by atoms with Crippen molar-refractivity contribution in [2.75, 3.05) is 0 Å². The fourth-order valence-electron chi connectivity index (χ4n) is 1.76. The first-order valence-electron chi connectivity index (χ1n) is 6.16. The Morgan fingerprint density at radius 2 is 2.05 bits per heavy atom. The molecule has 0 fully saturated rings. The summed E-state index contributed by atoms with van der Waals surface area (Å²) in [5.74, 6) is -1.62. The van der Waals surface area contributed by atoms with Gasteiger partial charge in [0.05, 0.1) is 6.10 Å². The molecule has 0 spiro atoms. The van der Waals surface area contributed by atoms with Crippen molar-refractivity contribution >= 4 is 11.9 Å². The summed E-state index contributed by atoms with van der Waals surface area (Å²) < 4.78 is 0. The zero-order valence-electron chi connectivity index (χ0n) is 11.1. The second kappa shape index (κ2) is 6.89. The van der Waals surface area contributed by atoms with Crippen LogP contribution in [0.4, 0.5) is 0 Å². The number of aryl methyl sites for hydroxylation is 2. The van der Waals surface area contributed by atoms with Gasteiger partial charge in [-0.2, -0.15) is 0 Å². The molecule has 0 saturated heterocycles. The fourth-order valence-corrected chi connectivity index (χ4v) is 1.76. The second-order valence-electron chi connectivity index (χ2n) is 4.61. The molecule has 0 aliphatic heterocycles. The van der Waals surface area contributed by atoms with E-state index in [1.165, 1.54) is 6.92 Å². The lowest BCUT2D eigenvalue weighted by atomic mass is 10.1. The Hall–Kier alpha value is -1.88. The molecule has 5 heteroatoms. The third-order valence-electron chi connectivity index (χ3n) is 2.79. The number of hydrogen-bond acceptors (Lipinski definition) is 3. The first kappa shape index (κ1) is 15.2. The van der Waals surface area contributed by atoms with E-state index >= 15 is 0 Å². The largest absolute Gasteiger partial charge is 0.480 e. The maximum absolute atomic E-state index is 11.6. The Balaban J connectivity index is 2.49. The van der Waals surface area contributed by atoms with Gasteiger partial charge in [-0.1, -0.05) is 29.8 Å². The van der Waals surface area contributed by atoms with E-state index in [1.807, 2.05) is 31.2 Å². The second-order valence-corrected chi connectivity index (χ2v) is 4.61. The summed E-state index contributed by atoms with van der Waals surface area (Å²) in [4.78, 5) is 22.5. The van der Waals surface area contributed by atoms with Crippen LogP contribution in [0.25, 0.3) is 0 Å². The molecule has 0 saturated carbocycles.